The zero-order valence-corrected chi connectivity index (χ0v) is 15.1. The Bertz CT molecular complexity index is 954. The number of aromatic nitrogens is 1. The summed E-state index contributed by atoms with van der Waals surface area (Å²) in [6.07, 6.45) is 4.06. The molecule has 2 unspecified atom stereocenters. The van der Waals surface area contributed by atoms with Crippen LogP contribution in [0.4, 0.5) is 4.39 Å². The standard InChI is InChI=1S/C21H19FN2OS/c22-16-4-1-13(2-5-16)15-9-17-6-7-18(10-15)24(17)21(25)14-3-8-20-19(11-14)23-12-26-20/h1-5,8,11-12,15,17-18H,6-7,9-10H2. The largest absolute Gasteiger partial charge is 0.333 e. The van der Waals surface area contributed by atoms with E-state index in [0.29, 0.717) is 5.92 Å². The highest BCUT2D eigenvalue weighted by molar-refractivity contribution is 7.16. The van der Waals surface area contributed by atoms with Gasteiger partial charge in [0.15, 0.2) is 0 Å². The van der Waals surface area contributed by atoms with Crippen molar-refractivity contribution in [1.82, 2.24) is 9.88 Å². The molecule has 2 aromatic carbocycles. The van der Waals surface area contributed by atoms with Crippen LogP contribution in [0, 0.1) is 5.82 Å². The third-order valence-electron chi connectivity index (χ3n) is 5.89. The molecule has 0 aliphatic carbocycles. The van der Waals surface area contributed by atoms with E-state index in [0.717, 1.165) is 41.5 Å². The highest BCUT2D eigenvalue weighted by atomic mass is 32.1. The van der Waals surface area contributed by atoms with Crippen LogP contribution in [0.15, 0.2) is 48.0 Å². The molecule has 0 radical (unpaired) electrons. The van der Waals surface area contributed by atoms with Crippen molar-refractivity contribution in [2.24, 2.45) is 0 Å². The van der Waals surface area contributed by atoms with E-state index in [4.69, 9.17) is 0 Å². The number of hydrogen-bond donors (Lipinski definition) is 0. The van der Waals surface area contributed by atoms with Crippen LogP contribution >= 0.6 is 11.3 Å². The van der Waals surface area contributed by atoms with Crippen molar-refractivity contribution >= 4 is 27.5 Å². The normalized spacial score (nSPS) is 25.0. The Labute approximate surface area is 155 Å². The Morgan fingerprint density at radius 1 is 1.08 bits per heavy atom. The van der Waals surface area contributed by atoms with Crippen molar-refractivity contribution in [2.45, 2.75) is 43.7 Å². The van der Waals surface area contributed by atoms with Gasteiger partial charge in [0.2, 0.25) is 0 Å². The molecule has 3 aromatic rings. The van der Waals surface area contributed by atoms with E-state index >= 15 is 0 Å². The van der Waals surface area contributed by atoms with Crippen LogP contribution < -0.4 is 0 Å². The minimum absolute atomic E-state index is 0.130. The molecule has 5 heteroatoms. The van der Waals surface area contributed by atoms with Gasteiger partial charge in [-0.1, -0.05) is 12.1 Å². The summed E-state index contributed by atoms with van der Waals surface area (Å²) >= 11 is 1.59. The predicted octanol–water partition coefficient (Wildman–Crippen LogP) is 4.99. The van der Waals surface area contributed by atoms with Crippen molar-refractivity contribution in [3.63, 3.8) is 0 Å². The van der Waals surface area contributed by atoms with E-state index in [1.807, 2.05) is 35.8 Å². The van der Waals surface area contributed by atoms with Crippen molar-refractivity contribution in [3.05, 3.63) is 64.9 Å². The summed E-state index contributed by atoms with van der Waals surface area (Å²) < 4.78 is 14.3. The third-order valence-corrected chi connectivity index (χ3v) is 6.70. The number of hydrogen-bond acceptors (Lipinski definition) is 3. The molecule has 2 fully saturated rings. The second-order valence-electron chi connectivity index (χ2n) is 7.35. The summed E-state index contributed by atoms with van der Waals surface area (Å²) in [4.78, 5) is 19.6. The first-order valence-electron chi connectivity index (χ1n) is 9.10. The first-order valence-corrected chi connectivity index (χ1v) is 9.98. The molecule has 132 valence electrons. The average molecular weight is 366 g/mol. The number of halogens is 1. The molecule has 3 nitrogen and oxygen atoms in total. The van der Waals surface area contributed by atoms with Crippen molar-refractivity contribution < 1.29 is 9.18 Å². The van der Waals surface area contributed by atoms with Crippen molar-refractivity contribution in [1.29, 1.82) is 0 Å². The van der Waals surface area contributed by atoms with Crippen LogP contribution in [0.2, 0.25) is 0 Å². The zero-order chi connectivity index (χ0) is 17.7. The van der Waals surface area contributed by atoms with E-state index in [1.54, 1.807) is 11.3 Å². The van der Waals surface area contributed by atoms with Gasteiger partial charge in [0.25, 0.3) is 5.91 Å². The summed E-state index contributed by atoms with van der Waals surface area (Å²) in [6.45, 7) is 0. The number of carbonyl (C=O) groups excluding carboxylic acids is 1. The lowest BCUT2D eigenvalue weighted by molar-refractivity contribution is 0.0571. The molecule has 1 amide bonds. The van der Waals surface area contributed by atoms with Crippen LogP contribution in [0.25, 0.3) is 10.2 Å². The fourth-order valence-electron chi connectivity index (χ4n) is 4.66. The van der Waals surface area contributed by atoms with Gasteiger partial charge in [-0.25, -0.2) is 9.37 Å². The molecule has 5 rings (SSSR count). The van der Waals surface area contributed by atoms with Crippen LogP contribution in [0.1, 0.15) is 47.5 Å². The number of carbonyl (C=O) groups is 1. The SMILES string of the molecule is O=C(c1ccc2scnc2c1)N1C2CCC1CC(c1ccc(F)cc1)C2. The van der Waals surface area contributed by atoms with Crippen LogP contribution in [0.5, 0.6) is 0 Å². The van der Waals surface area contributed by atoms with E-state index < -0.39 is 0 Å². The van der Waals surface area contributed by atoms with E-state index in [-0.39, 0.29) is 23.8 Å². The molecule has 2 aliphatic heterocycles. The number of benzene rings is 2. The number of piperidine rings is 1. The second kappa shape index (κ2) is 6.16. The monoisotopic (exact) mass is 366 g/mol. The number of fused-ring (bicyclic) bond motifs is 3. The lowest BCUT2D eigenvalue weighted by atomic mass is 9.85. The molecule has 2 atom stereocenters. The van der Waals surface area contributed by atoms with Gasteiger partial charge in [-0.2, -0.15) is 0 Å². The van der Waals surface area contributed by atoms with Gasteiger partial charge < -0.3 is 4.90 Å². The third kappa shape index (κ3) is 2.62. The summed E-state index contributed by atoms with van der Waals surface area (Å²) in [6, 6.07) is 13.3. The highest BCUT2D eigenvalue weighted by Crippen LogP contribution is 2.43. The molecule has 0 N–H and O–H groups in total. The molecule has 0 saturated carbocycles. The Morgan fingerprint density at radius 3 is 2.54 bits per heavy atom. The van der Waals surface area contributed by atoms with Gasteiger partial charge in [-0.3, -0.25) is 4.79 Å². The highest BCUT2D eigenvalue weighted by Gasteiger charge is 2.43. The minimum atomic E-state index is -0.193. The van der Waals surface area contributed by atoms with Crippen molar-refractivity contribution in [2.75, 3.05) is 0 Å². The lowest BCUT2D eigenvalue weighted by Gasteiger charge is -2.39. The van der Waals surface area contributed by atoms with Crippen LogP contribution in [-0.4, -0.2) is 27.9 Å². The van der Waals surface area contributed by atoms with Crippen molar-refractivity contribution in [3.8, 4) is 0 Å². The maximum atomic E-state index is 13.2. The van der Waals surface area contributed by atoms with Gasteiger partial charge in [0.05, 0.1) is 15.7 Å². The quantitative estimate of drug-likeness (QED) is 0.640. The summed E-state index contributed by atoms with van der Waals surface area (Å²) in [5, 5.41) is 0. The van der Waals surface area contributed by atoms with Gasteiger partial charge in [0.1, 0.15) is 5.82 Å². The number of amides is 1. The maximum absolute atomic E-state index is 13.2. The predicted molar refractivity (Wildman–Crippen MR) is 101 cm³/mol. The summed E-state index contributed by atoms with van der Waals surface area (Å²) in [5.41, 5.74) is 4.64. The number of thiazole rings is 1. The fourth-order valence-corrected chi connectivity index (χ4v) is 5.31. The molecule has 2 aliphatic rings. The molecular weight excluding hydrogens is 347 g/mol. The van der Waals surface area contributed by atoms with E-state index in [1.165, 1.54) is 17.7 Å². The van der Waals surface area contributed by atoms with Crippen LogP contribution in [0.3, 0.4) is 0 Å². The van der Waals surface area contributed by atoms with Crippen LogP contribution in [-0.2, 0) is 0 Å². The molecular formula is C21H19FN2OS. The minimum Gasteiger partial charge on any atom is -0.333 e. The van der Waals surface area contributed by atoms with E-state index in [2.05, 4.69) is 9.88 Å². The maximum Gasteiger partial charge on any atom is 0.254 e. The molecule has 2 bridgehead atoms. The Morgan fingerprint density at radius 2 is 1.81 bits per heavy atom. The van der Waals surface area contributed by atoms with E-state index in [9.17, 15) is 9.18 Å². The van der Waals surface area contributed by atoms with Gasteiger partial charge >= 0.3 is 0 Å². The first-order chi connectivity index (χ1) is 12.7. The molecule has 2 saturated heterocycles. The second-order valence-corrected chi connectivity index (χ2v) is 8.24. The molecule has 3 heterocycles. The van der Waals surface area contributed by atoms with Gasteiger partial charge in [-0.05, 0) is 67.5 Å². The lowest BCUT2D eigenvalue weighted by Crippen LogP contribution is -2.46. The summed E-state index contributed by atoms with van der Waals surface area (Å²) in [7, 11) is 0. The Kier molecular flexibility index (Phi) is 3.78. The Balaban J connectivity index is 1.39. The molecule has 1 aromatic heterocycles. The molecule has 0 spiro atoms. The Hall–Kier alpha value is -2.27. The number of nitrogens with zero attached hydrogens (tertiary/aromatic N) is 2. The van der Waals surface area contributed by atoms with Gasteiger partial charge in [0, 0.05) is 17.6 Å². The summed E-state index contributed by atoms with van der Waals surface area (Å²) in [5.74, 6) is 0.352. The number of rotatable bonds is 2. The van der Waals surface area contributed by atoms with Gasteiger partial charge in [-0.15, -0.1) is 11.3 Å². The fraction of sp³-hybridized carbons (Fsp3) is 0.333. The molecule has 26 heavy (non-hydrogen) atoms. The zero-order valence-electron chi connectivity index (χ0n) is 14.3. The average Bonchev–Trinajstić information content (AvgIpc) is 3.23. The smallest absolute Gasteiger partial charge is 0.254 e. The first kappa shape index (κ1) is 15.9. The topological polar surface area (TPSA) is 33.2 Å².